The van der Waals surface area contributed by atoms with Crippen LogP contribution >= 0.6 is 11.8 Å². The third-order valence-electron chi connectivity index (χ3n) is 4.46. The Bertz CT molecular complexity index is 716. The van der Waals surface area contributed by atoms with Gasteiger partial charge in [-0.2, -0.15) is 17.0 Å². The molecule has 1 aromatic rings. The lowest BCUT2D eigenvalue weighted by Gasteiger charge is -2.32. The normalized spacial score (nSPS) is 15.0. The van der Waals surface area contributed by atoms with Gasteiger partial charge in [-0.25, -0.2) is 4.79 Å². The zero-order chi connectivity index (χ0) is 20.6. The second-order valence-corrected chi connectivity index (χ2v) is 8.96. The summed E-state index contributed by atoms with van der Waals surface area (Å²) in [6, 6.07) is 9.78. The Labute approximate surface area is 171 Å². The maximum absolute atomic E-state index is 12.3. The van der Waals surface area contributed by atoms with Crippen molar-refractivity contribution >= 4 is 23.8 Å². The van der Waals surface area contributed by atoms with Gasteiger partial charge in [-0.1, -0.05) is 18.2 Å². The molecule has 1 aromatic carbocycles. The van der Waals surface area contributed by atoms with Crippen LogP contribution in [0.3, 0.4) is 0 Å². The first kappa shape index (κ1) is 22.1. The number of piperidine rings is 1. The Hall–Kier alpha value is -2.20. The quantitative estimate of drug-likeness (QED) is 0.735. The van der Waals surface area contributed by atoms with Gasteiger partial charge in [-0.3, -0.25) is 4.79 Å². The highest BCUT2D eigenvalue weighted by molar-refractivity contribution is 7.98. The van der Waals surface area contributed by atoms with Gasteiger partial charge in [-0.05, 0) is 45.2 Å². The molecule has 0 bridgehead atoms. The van der Waals surface area contributed by atoms with Crippen LogP contribution in [-0.4, -0.2) is 47.9 Å². The minimum absolute atomic E-state index is 0.0528. The molecule has 2 amide bonds. The van der Waals surface area contributed by atoms with Crippen molar-refractivity contribution in [2.45, 2.75) is 45.0 Å². The van der Waals surface area contributed by atoms with E-state index in [-0.39, 0.29) is 17.9 Å². The van der Waals surface area contributed by atoms with Crippen molar-refractivity contribution < 1.29 is 14.3 Å². The highest BCUT2D eigenvalue weighted by Crippen LogP contribution is 2.20. The van der Waals surface area contributed by atoms with Gasteiger partial charge in [0.2, 0.25) is 5.91 Å². The average molecular weight is 404 g/mol. The van der Waals surface area contributed by atoms with Gasteiger partial charge in [0.25, 0.3) is 0 Å². The lowest BCUT2D eigenvalue weighted by atomic mass is 9.96. The Morgan fingerprint density at radius 2 is 1.96 bits per heavy atom. The Balaban J connectivity index is 1.64. The molecule has 0 aromatic heterocycles. The van der Waals surface area contributed by atoms with Gasteiger partial charge in [-0.15, -0.1) is 0 Å². The fourth-order valence-corrected chi connectivity index (χ4v) is 3.84. The van der Waals surface area contributed by atoms with E-state index in [1.165, 1.54) is 0 Å². The summed E-state index contributed by atoms with van der Waals surface area (Å²) in [6.07, 6.45) is 1.02. The van der Waals surface area contributed by atoms with E-state index in [0.717, 1.165) is 17.1 Å². The second kappa shape index (κ2) is 10.4. The van der Waals surface area contributed by atoms with E-state index in [0.29, 0.717) is 38.0 Å². The topological polar surface area (TPSA) is 82.4 Å². The molecule has 1 fully saturated rings. The number of hydrogen-bond donors (Lipinski definition) is 1. The molecule has 0 saturated carbocycles. The smallest absolute Gasteiger partial charge is 0.410 e. The van der Waals surface area contributed by atoms with E-state index < -0.39 is 5.60 Å². The van der Waals surface area contributed by atoms with Crippen molar-refractivity contribution in [3.63, 3.8) is 0 Å². The summed E-state index contributed by atoms with van der Waals surface area (Å²) in [5.41, 5.74) is 1.23. The van der Waals surface area contributed by atoms with Crippen LogP contribution in [0.2, 0.25) is 0 Å². The number of benzene rings is 1. The molecule has 2 rings (SSSR count). The van der Waals surface area contributed by atoms with Gasteiger partial charge >= 0.3 is 6.09 Å². The van der Waals surface area contributed by atoms with E-state index in [2.05, 4.69) is 11.4 Å². The van der Waals surface area contributed by atoms with Crippen molar-refractivity contribution in [1.29, 1.82) is 5.26 Å². The summed E-state index contributed by atoms with van der Waals surface area (Å²) in [7, 11) is 0. The van der Waals surface area contributed by atoms with E-state index in [4.69, 9.17) is 10.00 Å². The molecule has 7 heteroatoms. The molecule has 0 radical (unpaired) electrons. The molecule has 0 unspecified atom stereocenters. The number of thioether (sulfide) groups is 1. The number of nitrogens with one attached hydrogen (secondary N) is 1. The third-order valence-corrected chi connectivity index (χ3v) is 5.47. The van der Waals surface area contributed by atoms with Gasteiger partial charge < -0.3 is 15.0 Å². The number of nitrogens with zero attached hydrogens (tertiary/aromatic N) is 2. The van der Waals surface area contributed by atoms with Gasteiger partial charge in [0.05, 0.1) is 11.6 Å². The maximum Gasteiger partial charge on any atom is 0.410 e. The van der Waals surface area contributed by atoms with Crippen molar-refractivity contribution in [1.82, 2.24) is 10.2 Å². The standard InChI is InChI=1S/C21H29N3O3S/c1-21(2,3)27-20(26)24-11-8-16(9-12-24)19(25)23-10-13-28-15-18-7-5-4-6-17(18)14-22/h4-7,16H,8-13,15H2,1-3H3,(H,23,25). The Morgan fingerprint density at radius 1 is 1.29 bits per heavy atom. The first-order chi connectivity index (χ1) is 13.3. The first-order valence-corrected chi connectivity index (χ1v) is 10.8. The van der Waals surface area contributed by atoms with Gasteiger partial charge in [0.15, 0.2) is 0 Å². The summed E-state index contributed by atoms with van der Waals surface area (Å²) in [4.78, 5) is 26.1. The molecular formula is C21H29N3O3S. The number of carbonyl (C=O) groups is 2. The lowest BCUT2D eigenvalue weighted by Crippen LogP contribution is -2.45. The molecule has 0 spiro atoms. The molecule has 6 nitrogen and oxygen atoms in total. The van der Waals surface area contributed by atoms with E-state index in [9.17, 15) is 9.59 Å². The minimum Gasteiger partial charge on any atom is -0.444 e. The zero-order valence-corrected chi connectivity index (χ0v) is 17.7. The number of likely N-dealkylation sites (tertiary alicyclic amines) is 1. The molecule has 1 aliphatic rings. The predicted octanol–water partition coefficient (Wildman–Crippen LogP) is 3.55. The van der Waals surface area contributed by atoms with Crippen molar-refractivity contribution in [3.05, 3.63) is 35.4 Å². The summed E-state index contributed by atoms with van der Waals surface area (Å²) in [5.74, 6) is 1.56. The predicted molar refractivity (Wildman–Crippen MR) is 111 cm³/mol. The average Bonchev–Trinajstić information content (AvgIpc) is 2.66. The number of hydrogen-bond acceptors (Lipinski definition) is 5. The Kier molecular flexibility index (Phi) is 8.18. The fourth-order valence-electron chi connectivity index (χ4n) is 2.98. The summed E-state index contributed by atoms with van der Waals surface area (Å²) < 4.78 is 5.38. The molecule has 1 aliphatic heterocycles. The number of carbonyl (C=O) groups excluding carboxylic acids is 2. The van der Waals surface area contributed by atoms with Gasteiger partial charge in [0.1, 0.15) is 5.60 Å². The van der Waals surface area contributed by atoms with Crippen LogP contribution < -0.4 is 5.32 Å². The van der Waals surface area contributed by atoms with Crippen LogP contribution in [0.15, 0.2) is 24.3 Å². The molecule has 0 atom stereocenters. The van der Waals surface area contributed by atoms with Crippen molar-refractivity contribution in [3.8, 4) is 6.07 Å². The minimum atomic E-state index is -0.503. The molecule has 152 valence electrons. The summed E-state index contributed by atoms with van der Waals surface area (Å²) >= 11 is 1.70. The molecule has 1 saturated heterocycles. The SMILES string of the molecule is CC(C)(C)OC(=O)N1CCC(C(=O)NCCSCc2ccccc2C#N)CC1. The zero-order valence-electron chi connectivity index (χ0n) is 16.9. The Morgan fingerprint density at radius 3 is 2.61 bits per heavy atom. The van der Waals surface area contributed by atoms with Crippen LogP contribution in [0.5, 0.6) is 0 Å². The number of rotatable bonds is 6. The number of nitriles is 1. The molecule has 1 N–H and O–H groups in total. The monoisotopic (exact) mass is 403 g/mol. The van der Waals surface area contributed by atoms with Gasteiger partial charge in [0, 0.05) is 37.1 Å². The van der Waals surface area contributed by atoms with Crippen LogP contribution in [0, 0.1) is 17.2 Å². The maximum atomic E-state index is 12.3. The highest BCUT2D eigenvalue weighted by atomic mass is 32.2. The molecule has 1 heterocycles. The molecule has 28 heavy (non-hydrogen) atoms. The molecular weight excluding hydrogens is 374 g/mol. The van der Waals surface area contributed by atoms with Crippen molar-refractivity contribution in [2.75, 3.05) is 25.4 Å². The lowest BCUT2D eigenvalue weighted by molar-refractivity contribution is -0.126. The number of amides is 2. The first-order valence-electron chi connectivity index (χ1n) is 9.61. The van der Waals surface area contributed by atoms with Crippen LogP contribution in [-0.2, 0) is 15.3 Å². The van der Waals surface area contributed by atoms with Crippen LogP contribution in [0.25, 0.3) is 0 Å². The highest BCUT2D eigenvalue weighted by Gasteiger charge is 2.29. The summed E-state index contributed by atoms with van der Waals surface area (Å²) in [5, 5.41) is 12.1. The number of ether oxygens (including phenoxy) is 1. The van der Waals surface area contributed by atoms with Crippen LogP contribution in [0.4, 0.5) is 4.79 Å². The van der Waals surface area contributed by atoms with Crippen LogP contribution in [0.1, 0.15) is 44.7 Å². The van der Waals surface area contributed by atoms with E-state index in [1.807, 2.05) is 45.0 Å². The second-order valence-electron chi connectivity index (χ2n) is 7.85. The largest absolute Gasteiger partial charge is 0.444 e. The van der Waals surface area contributed by atoms with E-state index >= 15 is 0 Å². The van der Waals surface area contributed by atoms with E-state index in [1.54, 1.807) is 16.7 Å². The molecule has 0 aliphatic carbocycles. The summed E-state index contributed by atoms with van der Waals surface area (Å²) in [6.45, 7) is 7.25. The van der Waals surface area contributed by atoms with Crippen molar-refractivity contribution in [2.24, 2.45) is 5.92 Å². The fraction of sp³-hybridized carbons (Fsp3) is 0.571. The third kappa shape index (κ3) is 7.08.